The van der Waals surface area contributed by atoms with Crippen LogP contribution in [0.4, 0.5) is 0 Å². The molecule has 3 rings (SSSR count). The van der Waals surface area contributed by atoms with Crippen LogP contribution in [0.2, 0.25) is 0 Å². The van der Waals surface area contributed by atoms with Crippen LogP contribution in [0.25, 0.3) is 0 Å². The van der Waals surface area contributed by atoms with Crippen LogP contribution in [0.5, 0.6) is 0 Å². The minimum absolute atomic E-state index is 0. The van der Waals surface area contributed by atoms with Crippen molar-refractivity contribution in [2.24, 2.45) is 11.8 Å². The molecule has 2 saturated heterocycles. The molecule has 4 nitrogen and oxygen atoms in total. The lowest BCUT2D eigenvalue weighted by Crippen LogP contribution is -2.43. The molecular formula is C12H17ClN2O2. The van der Waals surface area contributed by atoms with E-state index < -0.39 is 0 Å². The molecule has 17 heavy (non-hydrogen) atoms. The Morgan fingerprint density at radius 3 is 3.00 bits per heavy atom. The second-order valence-electron chi connectivity index (χ2n) is 4.70. The second-order valence-corrected chi connectivity index (χ2v) is 4.70. The van der Waals surface area contributed by atoms with E-state index >= 15 is 0 Å². The highest BCUT2D eigenvalue weighted by Gasteiger charge is 2.35. The summed E-state index contributed by atoms with van der Waals surface area (Å²) in [6, 6.07) is 3.50. The number of piperidine rings is 1. The Bertz CT molecular complexity index is 380. The molecule has 1 N–H and O–H groups in total. The lowest BCUT2D eigenvalue weighted by Gasteiger charge is -2.33. The predicted molar refractivity (Wildman–Crippen MR) is 66.3 cm³/mol. The average Bonchev–Trinajstić information content (AvgIpc) is 2.98. The van der Waals surface area contributed by atoms with Gasteiger partial charge in [-0.3, -0.25) is 4.79 Å². The van der Waals surface area contributed by atoms with Crippen LogP contribution in [0.1, 0.15) is 17.0 Å². The average molecular weight is 257 g/mol. The molecule has 2 unspecified atom stereocenters. The molecule has 2 fully saturated rings. The Hall–Kier alpha value is -1.00. The van der Waals surface area contributed by atoms with Gasteiger partial charge in [-0.25, -0.2) is 0 Å². The van der Waals surface area contributed by atoms with Crippen molar-refractivity contribution in [1.29, 1.82) is 0 Å². The van der Waals surface area contributed by atoms with E-state index in [-0.39, 0.29) is 18.3 Å². The Balaban J connectivity index is 0.00000108. The number of hydrogen-bond donors (Lipinski definition) is 1. The molecule has 5 heteroatoms. The minimum atomic E-state index is 0. The van der Waals surface area contributed by atoms with E-state index in [0.29, 0.717) is 11.7 Å². The van der Waals surface area contributed by atoms with Crippen LogP contribution in [0, 0.1) is 11.8 Å². The zero-order chi connectivity index (χ0) is 11.0. The first kappa shape index (κ1) is 12.5. The second kappa shape index (κ2) is 5.10. The fourth-order valence-corrected chi connectivity index (χ4v) is 2.78. The maximum Gasteiger partial charge on any atom is 0.289 e. The monoisotopic (exact) mass is 256 g/mol. The van der Waals surface area contributed by atoms with Gasteiger partial charge >= 0.3 is 0 Å². The zero-order valence-corrected chi connectivity index (χ0v) is 10.4. The highest BCUT2D eigenvalue weighted by Crippen LogP contribution is 2.27. The molecule has 0 bridgehead atoms. The normalized spacial score (nSPS) is 27.4. The van der Waals surface area contributed by atoms with Crippen molar-refractivity contribution in [3.05, 3.63) is 24.2 Å². The molecule has 0 aliphatic carbocycles. The summed E-state index contributed by atoms with van der Waals surface area (Å²) >= 11 is 0. The van der Waals surface area contributed by atoms with Gasteiger partial charge in [-0.15, -0.1) is 12.4 Å². The maximum atomic E-state index is 12.1. The van der Waals surface area contributed by atoms with Crippen molar-refractivity contribution >= 4 is 18.3 Å². The Morgan fingerprint density at radius 2 is 2.24 bits per heavy atom. The molecule has 2 aliphatic heterocycles. The SMILES string of the molecule is Cl.O=C(c1ccco1)N1CCC2CNCC2C1. The van der Waals surface area contributed by atoms with Crippen molar-refractivity contribution in [2.45, 2.75) is 6.42 Å². The van der Waals surface area contributed by atoms with Crippen LogP contribution < -0.4 is 5.32 Å². The first-order valence-corrected chi connectivity index (χ1v) is 5.88. The van der Waals surface area contributed by atoms with Crippen LogP contribution >= 0.6 is 12.4 Å². The lowest BCUT2D eigenvalue weighted by atomic mass is 9.88. The van der Waals surface area contributed by atoms with Gasteiger partial charge in [0.25, 0.3) is 5.91 Å². The van der Waals surface area contributed by atoms with E-state index in [9.17, 15) is 4.79 Å². The van der Waals surface area contributed by atoms with Gasteiger partial charge in [0, 0.05) is 13.1 Å². The number of halogens is 1. The summed E-state index contributed by atoms with van der Waals surface area (Å²) in [6.45, 7) is 3.90. The number of carbonyl (C=O) groups is 1. The van der Waals surface area contributed by atoms with Crippen LogP contribution in [-0.2, 0) is 0 Å². The van der Waals surface area contributed by atoms with E-state index in [1.165, 1.54) is 0 Å². The van der Waals surface area contributed by atoms with E-state index in [4.69, 9.17) is 4.42 Å². The standard InChI is InChI=1S/C12H16N2O2.ClH/c15-12(11-2-1-5-16-11)14-4-3-9-6-13-7-10(9)8-14;/h1-2,5,9-10,13H,3-4,6-8H2;1H. The molecule has 2 aliphatic rings. The number of rotatable bonds is 1. The van der Waals surface area contributed by atoms with Gasteiger partial charge in [0.15, 0.2) is 5.76 Å². The predicted octanol–water partition coefficient (Wildman–Crippen LogP) is 1.38. The lowest BCUT2D eigenvalue weighted by molar-refractivity contribution is 0.0611. The van der Waals surface area contributed by atoms with E-state index in [1.54, 1.807) is 18.4 Å². The molecule has 2 atom stereocenters. The molecule has 94 valence electrons. The summed E-state index contributed by atoms with van der Waals surface area (Å²) in [5.41, 5.74) is 0. The van der Waals surface area contributed by atoms with Crippen LogP contribution in [0.15, 0.2) is 22.8 Å². The molecule has 0 aromatic carbocycles. The van der Waals surface area contributed by atoms with Gasteiger partial charge in [-0.2, -0.15) is 0 Å². The third-order valence-electron chi connectivity index (χ3n) is 3.72. The molecular weight excluding hydrogens is 240 g/mol. The number of carbonyl (C=O) groups excluding carboxylic acids is 1. The smallest absolute Gasteiger partial charge is 0.289 e. The largest absolute Gasteiger partial charge is 0.459 e. The summed E-state index contributed by atoms with van der Waals surface area (Å²) in [5.74, 6) is 1.90. The molecule has 1 aromatic heterocycles. The Morgan fingerprint density at radius 1 is 1.41 bits per heavy atom. The number of furan rings is 1. The van der Waals surface area contributed by atoms with Gasteiger partial charge in [0.2, 0.25) is 0 Å². The fraction of sp³-hybridized carbons (Fsp3) is 0.583. The van der Waals surface area contributed by atoms with Gasteiger partial charge in [-0.1, -0.05) is 0 Å². The van der Waals surface area contributed by atoms with Gasteiger partial charge in [0.05, 0.1) is 6.26 Å². The maximum absolute atomic E-state index is 12.1. The highest BCUT2D eigenvalue weighted by atomic mass is 35.5. The van der Waals surface area contributed by atoms with Crippen molar-refractivity contribution in [3.63, 3.8) is 0 Å². The summed E-state index contributed by atoms with van der Waals surface area (Å²) in [6.07, 6.45) is 2.67. The summed E-state index contributed by atoms with van der Waals surface area (Å²) in [7, 11) is 0. The number of likely N-dealkylation sites (tertiary alicyclic amines) is 1. The molecule has 3 heterocycles. The number of nitrogens with one attached hydrogen (secondary N) is 1. The summed E-state index contributed by atoms with van der Waals surface area (Å²) < 4.78 is 5.15. The number of fused-ring (bicyclic) bond motifs is 1. The number of hydrogen-bond acceptors (Lipinski definition) is 3. The molecule has 1 amide bonds. The zero-order valence-electron chi connectivity index (χ0n) is 9.59. The molecule has 1 aromatic rings. The van der Waals surface area contributed by atoms with Crippen molar-refractivity contribution < 1.29 is 9.21 Å². The number of nitrogens with zero attached hydrogens (tertiary/aromatic N) is 1. The Labute approximate surface area is 107 Å². The topological polar surface area (TPSA) is 45.5 Å². The van der Waals surface area contributed by atoms with Gasteiger partial charge in [0.1, 0.15) is 0 Å². The molecule has 0 saturated carbocycles. The minimum Gasteiger partial charge on any atom is -0.459 e. The molecule has 0 spiro atoms. The first-order valence-electron chi connectivity index (χ1n) is 5.88. The molecule has 0 radical (unpaired) electrons. The number of amides is 1. The van der Waals surface area contributed by atoms with E-state index in [0.717, 1.165) is 38.5 Å². The van der Waals surface area contributed by atoms with Crippen molar-refractivity contribution in [3.8, 4) is 0 Å². The van der Waals surface area contributed by atoms with Crippen molar-refractivity contribution in [1.82, 2.24) is 10.2 Å². The summed E-state index contributed by atoms with van der Waals surface area (Å²) in [4.78, 5) is 14.0. The van der Waals surface area contributed by atoms with Gasteiger partial charge < -0.3 is 14.6 Å². The van der Waals surface area contributed by atoms with E-state index in [1.807, 2.05) is 4.90 Å². The fourth-order valence-electron chi connectivity index (χ4n) is 2.78. The quantitative estimate of drug-likeness (QED) is 0.826. The van der Waals surface area contributed by atoms with Crippen LogP contribution in [0.3, 0.4) is 0 Å². The van der Waals surface area contributed by atoms with E-state index in [2.05, 4.69) is 5.32 Å². The summed E-state index contributed by atoms with van der Waals surface area (Å²) in [5, 5.41) is 3.40. The third-order valence-corrected chi connectivity index (χ3v) is 3.72. The highest BCUT2D eigenvalue weighted by molar-refractivity contribution is 5.91. The first-order chi connectivity index (χ1) is 7.84. The van der Waals surface area contributed by atoms with Gasteiger partial charge in [-0.05, 0) is 43.5 Å². The van der Waals surface area contributed by atoms with Crippen molar-refractivity contribution in [2.75, 3.05) is 26.2 Å². The van der Waals surface area contributed by atoms with Crippen LogP contribution in [-0.4, -0.2) is 37.0 Å². The third kappa shape index (κ3) is 2.33. The Kier molecular flexibility index (Phi) is 3.74.